The first-order valence-electron chi connectivity index (χ1n) is 8.23. The van der Waals surface area contributed by atoms with E-state index in [9.17, 15) is 14.9 Å². The molecule has 0 unspecified atom stereocenters. The van der Waals surface area contributed by atoms with Crippen LogP contribution >= 0.6 is 0 Å². The summed E-state index contributed by atoms with van der Waals surface area (Å²) in [4.78, 5) is 24.1. The standard InChI is InChI=1S/C19H22N2O6/c1-19(2,3)27-18(23)20(4)17-11-15(9-10-16(17)21(24)25)26-14-7-5-13(12-22)6-8-14/h5-11,22H,12H2,1-4H3. The first-order valence-corrected chi connectivity index (χ1v) is 8.23. The van der Waals surface area contributed by atoms with Crippen LogP contribution in [-0.2, 0) is 11.3 Å². The van der Waals surface area contributed by atoms with Gasteiger partial charge in [0.2, 0.25) is 0 Å². The van der Waals surface area contributed by atoms with Gasteiger partial charge in [0.1, 0.15) is 22.8 Å². The summed E-state index contributed by atoms with van der Waals surface area (Å²) in [5.41, 5.74) is -0.190. The molecule has 8 heteroatoms. The van der Waals surface area contributed by atoms with Crippen molar-refractivity contribution in [3.8, 4) is 11.5 Å². The Morgan fingerprint density at radius 1 is 1.15 bits per heavy atom. The zero-order valence-corrected chi connectivity index (χ0v) is 15.6. The van der Waals surface area contributed by atoms with Crippen LogP contribution in [0.1, 0.15) is 26.3 Å². The number of nitro benzene ring substituents is 1. The molecule has 0 atom stereocenters. The first-order chi connectivity index (χ1) is 12.6. The minimum atomic E-state index is -0.733. The van der Waals surface area contributed by atoms with E-state index < -0.39 is 16.6 Å². The Hall–Kier alpha value is -3.13. The summed E-state index contributed by atoms with van der Waals surface area (Å²) < 4.78 is 11.0. The Labute approximate surface area is 157 Å². The van der Waals surface area contributed by atoms with Gasteiger partial charge in [0.25, 0.3) is 5.69 Å². The summed E-state index contributed by atoms with van der Waals surface area (Å²) >= 11 is 0. The highest BCUT2D eigenvalue weighted by Gasteiger charge is 2.26. The molecule has 0 spiro atoms. The van der Waals surface area contributed by atoms with E-state index in [0.717, 1.165) is 10.5 Å². The molecule has 2 rings (SSSR count). The number of amides is 1. The van der Waals surface area contributed by atoms with E-state index in [-0.39, 0.29) is 18.0 Å². The van der Waals surface area contributed by atoms with Gasteiger partial charge in [-0.05, 0) is 44.5 Å². The summed E-state index contributed by atoms with van der Waals surface area (Å²) in [6, 6.07) is 10.9. The minimum absolute atomic E-state index is 0.0544. The molecule has 2 aromatic carbocycles. The number of carbonyl (C=O) groups excluding carboxylic acids is 1. The van der Waals surface area contributed by atoms with Crippen LogP contribution in [0.2, 0.25) is 0 Å². The average molecular weight is 374 g/mol. The highest BCUT2D eigenvalue weighted by atomic mass is 16.6. The number of aliphatic hydroxyl groups excluding tert-OH is 1. The summed E-state index contributed by atoms with van der Waals surface area (Å²) in [6.45, 7) is 5.05. The van der Waals surface area contributed by atoms with Gasteiger partial charge in [-0.25, -0.2) is 4.79 Å². The number of aliphatic hydroxyl groups is 1. The van der Waals surface area contributed by atoms with Crippen molar-refractivity contribution < 1.29 is 24.3 Å². The van der Waals surface area contributed by atoms with Gasteiger partial charge in [0.05, 0.1) is 11.5 Å². The smallest absolute Gasteiger partial charge is 0.414 e. The molecule has 0 heterocycles. The summed E-state index contributed by atoms with van der Waals surface area (Å²) in [6.07, 6.45) is -0.713. The highest BCUT2D eigenvalue weighted by molar-refractivity contribution is 5.90. The molecule has 27 heavy (non-hydrogen) atoms. The van der Waals surface area contributed by atoms with Gasteiger partial charge >= 0.3 is 6.09 Å². The van der Waals surface area contributed by atoms with Gasteiger partial charge in [0, 0.05) is 19.2 Å². The van der Waals surface area contributed by atoms with Gasteiger partial charge < -0.3 is 14.6 Å². The Morgan fingerprint density at radius 3 is 2.26 bits per heavy atom. The molecule has 0 aliphatic heterocycles. The average Bonchev–Trinajstić information content (AvgIpc) is 2.60. The molecule has 144 valence electrons. The summed E-state index contributed by atoms with van der Waals surface area (Å²) in [7, 11) is 1.40. The van der Waals surface area contributed by atoms with Crippen molar-refractivity contribution in [1.29, 1.82) is 0 Å². The monoisotopic (exact) mass is 374 g/mol. The number of anilines is 1. The van der Waals surface area contributed by atoms with Crippen molar-refractivity contribution in [3.63, 3.8) is 0 Å². The molecule has 0 saturated heterocycles. The molecule has 0 aromatic heterocycles. The quantitative estimate of drug-likeness (QED) is 0.620. The molecular weight excluding hydrogens is 352 g/mol. The predicted octanol–water partition coefficient (Wildman–Crippen LogP) is 4.25. The van der Waals surface area contributed by atoms with E-state index >= 15 is 0 Å². The van der Waals surface area contributed by atoms with Gasteiger partial charge in [-0.15, -0.1) is 0 Å². The SMILES string of the molecule is CN(C(=O)OC(C)(C)C)c1cc(Oc2ccc(CO)cc2)ccc1[N+](=O)[O-]. The Morgan fingerprint density at radius 2 is 1.74 bits per heavy atom. The Kier molecular flexibility index (Phi) is 6.02. The van der Waals surface area contributed by atoms with Crippen molar-refractivity contribution in [1.82, 2.24) is 0 Å². The lowest BCUT2D eigenvalue weighted by molar-refractivity contribution is -0.384. The second kappa shape index (κ2) is 8.05. The molecule has 1 amide bonds. The van der Waals surface area contributed by atoms with Crippen LogP contribution in [0, 0.1) is 10.1 Å². The van der Waals surface area contributed by atoms with Gasteiger partial charge in [-0.3, -0.25) is 15.0 Å². The number of benzene rings is 2. The zero-order valence-electron chi connectivity index (χ0n) is 15.6. The number of nitrogens with zero attached hydrogens (tertiary/aromatic N) is 2. The normalized spacial score (nSPS) is 11.0. The van der Waals surface area contributed by atoms with Crippen molar-refractivity contribution in [2.75, 3.05) is 11.9 Å². The number of hydrogen-bond acceptors (Lipinski definition) is 6. The lowest BCUT2D eigenvalue weighted by atomic mass is 10.2. The zero-order chi connectivity index (χ0) is 20.2. The molecule has 0 aliphatic carbocycles. The van der Waals surface area contributed by atoms with Crippen LogP contribution in [-0.4, -0.2) is 28.8 Å². The largest absolute Gasteiger partial charge is 0.457 e. The summed E-state index contributed by atoms with van der Waals surface area (Å²) in [5, 5.41) is 20.4. The molecular formula is C19H22N2O6. The lowest BCUT2D eigenvalue weighted by Crippen LogP contribution is -2.34. The topological polar surface area (TPSA) is 102 Å². The van der Waals surface area contributed by atoms with Gasteiger partial charge in [0.15, 0.2) is 0 Å². The van der Waals surface area contributed by atoms with Crippen LogP contribution in [0.15, 0.2) is 42.5 Å². The van der Waals surface area contributed by atoms with E-state index in [1.165, 1.54) is 25.2 Å². The van der Waals surface area contributed by atoms with E-state index in [1.807, 2.05) is 0 Å². The third kappa shape index (κ3) is 5.42. The Balaban J connectivity index is 2.32. The van der Waals surface area contributed by atoms with E-state index in [1.54, 1.807) is 45.0 Å². The van der Waals surface area contributed by atoms with Crippen molar-refractivity contribution in [3.05, 3.63) is 58.1 Å². The van der Waals surface area contributed by atoms with Crippen LogP contribution in [0.3, 0.4) is 0 Å². The predicted molar refractivity (Wildman–Crippen MR) is 100 cm³/mol. The van der Waals surface area contributed by atoms with E-state index in [2.05, 4.69) is 0 Å². The van der Waals surface area contributed by atoms with Crippen molar-refractivity contribution in [2.45, 2.75) is 33.0 Å². The maximum atomic E-state index is 12.3. The van der Waals surface area contributed by atoms with Gasteiger partial charge in [-0.2, -0.15) is 0 Å². The summed E-state index contributed by atoms with van der Waals surface area (Å²) in [5.74, 6) is 0.815. The molecule has 1 N–H and O–H groups in total. The van der Waals surface area contributed by atoms with Crippen molar-refractivity contribution >= 4 is 17.5 Å². The number of carbonyl (C=O) groups is 1. The molecule has 0 saturated carbocycles. The van der Waals surface area contributed by atoms with E-state index in [0.29, 0.717) is 11.5 Å². The van der Waals surface area contributed by atoms with Gasteiger partial charge in [-0.1, -0.05) is 12.1 Å². The molecule has 2 aromatic rings. The fourth-order valence-electron chi connectivity index (χ4n) is 2.22. The lowest BCUT2D eigenvalue weighted by Gasteiger charge is -2.24. The molecule has 0 bridgehead atoms. The molecule has 8 nitrogen and oxygen atoms in total. The van der Waals surface area contributed by atoms with Crippen LogP contribution in [0.5, 0.6) is 11.5 Å². The highest BCUT2D eigenvalue weighted by Crippen LogP contribution is 2.34. The van der Waals surface area contributed by atoms with Crippen molar-refractivity contribution in [2.24, 2.45) is 0 Å². The second-order valence-corrected chi connectivity index (χ2v) is 6.85. The van der Waals surface area contributed by atoms with Crippen LogP contribution in [0.25, 0.3) is 0 Å². The molecule has 0 aliphatic rings. The molecule has 0 fully saturated rings. The third-order valence-corrected chi connectivity index (χ3v) is 3.51. The third-order valence-electron chi connectivity index (χ3n) is 3.51. The maximum Gasteiger partial charge on any atom is 0.414 e. The molecule has 0 radical (unpaired) electrons. The number of hydrogen-bond donors (Lipinski definition) is 1. The fourth-order valence-corrected chi connectivity index (χ4v) is 2.22. The second-order valence-electron chi connectivity index (χ2n) is 6.85. The maximum absolute atomic E-state index is 12.3. The fraction of sp³-hybridized carbons (Fsp3) is 0.316. The number of nitro groups is 1. The first kappa shape index (κ1) is 20.2. The number of rotatable bonds is 5. The van der Waals surface area contributed by atoms with Crippen LogP contribution in [0.4, 0.5) is 16.2 Å². The van der Waals surface area contributed by atoms with E-state index in [4.69, 9.17) is 14.6 Å². The Bertz CT molecular complexity index is 827. The minimum Gasteiger partial charge on any atom is -0.457 e. The number of ether oxygens (including phenoxy) is 2. The van der Waals surface area contributed by atoms with Crippen LogP contribution < -0.4 is 9.64 Å².